The number of carbonyl (C=O) groups excluding carboxylic acids is 4. The lowest BCUT2D eigenvalue weighted by atomic mass is 9.99. The minimum Gasteiger partial charge on any atom is -0.364 e. The molecule has 174 valence electrons. The Balaban J connectivity index is 1.48. The number of nitrogens with one attached hydrogen (secondary N) is 2. The summed E-state index contributed by atoms with van der Waals surface area (Å²) in [5.41, 5.74) is 6.84. The summed E-state index contributed by atoms with van der Waals surface area (Å²) < 4.78 is 9.06. The van der Waals surface area contributed by atoms with Crippen LogP contribution in [0.3, 0.4) is 0 Å². The molecular formula is C22H26N6O4S. The molecule has 2 aromatic rings. The van der Waals surface area contributed by atoms with Crippen molar-refractivity contribution in [3.8, 4) is 0 Å². The number of hydrogen-bond donors (Lipinski definition) is 3. The highest BCUT2D eigenvalue weighted by Crippen LogP contribution is 2.29. The number of nitrogens with zero attached hydrogens (tertiary/aromatic N) is 3. The molecule has 4 rings (SSSR count). The van der Waals surface area contributed by atoms with Gasteiger partial charge in [0.25, 0.3) is 17.7 Å². The Morgan fingerprint density at radius 1 is 1.33 bits per heavy atom. The van der Waals surface area contributed by atoms with Crippen LogP contribution in [0.2, 0.25) is 0 Å². The SMILES string of the molecule is [2H][C@]1(NC(=O)[C@H](C)CNC(=O)c2sc(C(N)=O)nc2C)C(=O)N2CCCN2Cc2ccccc21. The van der Waals surface area contributed by atoms with Crippen LogP contribution in [-0.4, -0.2) is 58.3 Å². The van der Waals surface area contributed by atoms with Gasteiger partial charge in [0, 0.05) is 26.2 Å². The number of fused-ring (bicyclic) bond motifs is 2. The summed E-state index contributed by atoms with van der Waals surface area (Å²) in [4.78, 5) is 54.5. The van der Waals surface area contributed by atoms with Crippen molar-refractivity contribution < 1.29 is 20.5 Å². The molecule has 2 aliphatic rings. The fraction of sp³-hybridized carbons (Fsp3) is 0.409. The topological polar surface area (TPSA) is 138 Å². The Morgan fingerprint density at radius 2 is 2.09 bits per heavy atom. The van der Waals surface area contributed by atoms with Gasteiger partial charge in [0.1, 0.15) is 10.9 Å². The first-order chi connectivity index (χ1) is 16.1. The molecule has 1 fully saturated rings. The predicted molar refractivity (Wildman–Crippen MR) is 121 cm³/mol. The first kappa shape index (κ1) is 21.5. The molecule has 0 radical (unpaired) electrons. The van der Waals surface area contributed by atoms with E-state index in [0.717, 1.165) is 23.3 Å². The van der Waals surface area contributed by atoms with Gasteiger partial charge in [0.2, 0.25) is 5.91 Å². The normalized spacial score (nSPS) is 21.5. The fourth-order valence-electron chi connectivity index (χ4n) is 3.90. The number of carbonyl (C=O) groups is 4. The van der Waals surface area contributed by atoms with Crippen molar-refractivity contribution in [1.29, 1.82) is 0 Å². The van der Waals surface area contributed by atoms with Gasteiger partial charge in [0.15, 0.2) is 5.01 Å². The van der Waals surface area contributed by atoms with Crippen LogP contribution in [0.5, 0.6) is 0 Å². The molecule has 1 aromatic heterocycles. The number of thiazole rings is 1. The zero-order valence-electron chi connectivity index (χ0n) is 19.4. The lowest BCUT2D eigenvalue weighted by Gasteiger charge is -2.28. The van der Waals surface area contributed by atoms with Crippen LogP contribution >= 0.6 is 11.3 Å². The van der Waals surface area contributed by atoms with Gasteiger partial charge in [-0.05, 0) is 24.5 Å². The van der Waals surface area contributed by atoms with Crippen molar-refractivity contribution >= 4 is 35.0 Å². The third-order valence-electron chi connectivity index (χ3n) is 5.69. The zero-order chi connectivity index (χ0) is 24.6. The molecule has 4 amide bonds. The number of amides is 4. The number of nitrogens with two attached hydrogens (primary N) is 1. The Bertz CT molecular complexity index is 1170. The Hall–Kier alpha value is -3.31. The average molecular weight is 472 g/mol. The highest BCUT2D eigenvalue weighted by Gasteiger charge is 2.38. The molecule has 4 N–H and O–H groups in total. The minimum atomic E-state index is -1.98. The lowest BCUT2D eigenvalue weighted by Crippen LogP contribution is -2.47. The summed E-state index contributed by atoms with van der Waals surface area (Å²) in [5.74, 6) is -2.96. The van der Waals surface area contributed by atoms with E-state index < -0.39 is 35.6 Å². The van der Waals surface area contributed by atoms with E-state index in [1.54, 1.807) is 31.0 Å². The smallest absolute Gasteiger partial charge is 0.277 e. The highest BCUT2D eigenvalue weighted by atomic mass is 32.1. The van der Waals surface area contributed by atoms with Crippen LogP contribution in [-0.2, 0) is 16.1 Å². The van der Waals surface area contributed by atoms with Crippen molar-refractivity contribution in [2.24, 2.45) is 11.7 Å². The van der Waals surface area contributed by atoms with E-state index in [2.05, 4.69) is 15.6 Å². The summed E-state index contributed by atoms with van der Waals surface area (Å²) in [7, 11) is 0. The quantitative estimate of drug-likeness (QED) is 0.568. The van der Waals surface area contributed by atoms with Crippen molar-refractivity contribution in [2.75, 3.05) is 19.6 Å². The van der Waals surface area contributed by atoms with E-state index in [0.29, 0.717) is 30.9 Å². The summed E-state index contributed by atoms with van der Waals surface area (Å²) >= 11 is 0.884. The number of primary amides is 1. The molecule has 0 aliphatic carbocycles. The Kier molecular flexibility index (Phi) is 6.05. The van der Waals surface area contributed by atoms with Gasteiger partial charge in [-0.1, -0.05) is 31.2 Å². The van der Waals surface area contributed by atoms with Crippen molar-refractivity contribution in [1.82, 2.24) is 25.6 Å². The molecule has 2 atom stereocenters. The van der Waals surface area contributed by atoms with Gasteiger partial charge >= 0.3 is 0 Å². The molecule has 1 aromatic carbocycles. The van der Waals surface area contributed by atoms with Gasteiger partial charge in [0.05, 0.1) is 13.0 Å². The van der Waals surface area contributed by atoms with Crippen LogP contribution in [0.15, 0.2) is 24.3 Å². The number of aromatic nitrogens is 1. The van der Waals surface area contributed by atoms with Gasteiger partial charge in [-0.3, -0.25) is 24.2 Å². The van der Waals surface area contributed by atoms with E-state index >= 15 is 0 Å². The Morgan fingerprint density at radius 3 is 2.82 bits per heavy atom. The molecule has 33 heavy (non-hydrogen) atoms. The summed E-state index contributed by atoms with van der Waals surface area (Å²) in [5, 5.41) is 8.78. The molecule has 0 unspecified atom stereocenters. The second-order valence-electron chi connectivity index (χ2n) is 8.10. The standard InChI is InChI=1S/C22H26N6O4S/c1-12(10-24-20(31)17-13(2)25-21(33-17)18(23)29)19(30)26-16-15-7-4-3-6-14(15)11-27-8-5-9-28(27)22(16)32/h3-4,6-7,12,16H,5,8-11H2,1-2H3,(H2,23,29)(H,24,31)(H,26,30)/t12-,16-/m1/s1/i16D. The molecule has 2 aliphatic heterocycles. The maximum absolute atomic E-state index is 13.4. The largest absolute Gasteiger partial charge is 0.364 e. The van der Waals surface area contributed by atoms with Crippen LogP contribution in [0.25, 0.3) is 0 Å². The van der Waals surface area contributed by atoms with Crippen LogP contribution in [0, 0.1) is 12.8 Å². The first-order valence-corrected chi connectivity index (χ1v) is 11.5. The van der Waals surface area contributed by atoms with Gasteiger partial charge in [-0.15, -0.1) is 11.3 Å². The number of rotatable bonds is 6. The number of hydrogen-bond acceptors (Lipinski definition) is 7. The van der Waals surface area contributed by atoms with Crippen molar-refractivity contribution in [3.05, 3.63) is 51.0 Å². The summed E-state index contributed by atoms with van der Waals surface area (Å²) in [6.07, 6.45) is 0.800. The molecule has 0 spiro atoms. The van der Waals surface area contributed by atoms with Gasteiger partial charge in [-0.2, -0.15) is 0 Å². The monoisotopic (exact) mass is 471 g/mol. The number of hydrazine groups is 1. The minimum absolute atomic E-state index is 0.0321. The number of benzene rings is 1. The maximum Gasteiger partial charge on any atom is 0.277 e. The summed E-state index contributed by atoms with van der Waals surface area (Å²) in [6, 6.07) is 5.17. The van der Waals surface area contributed by atoms with E-state index in [1.807, 2.05) is 17.1 Å². The maximum atomic E-state index is 13.4. The molecule has 3 heterocycles. The predicted octanol–water partition coefficient (Wildman–Crippen LogP) is 0.737. The zero-order valence-corrected chi connectivity index (χ0v) is 19.2. The molecule has 0 saturated carbocycles. The molecule has 10 nitrogen and oxygen atoms in total. The Labute approximate surface area is 196 Å². The molecule has 0 bridgehead atoms. The highest BCUT2D eigenvalue weighted by molar-refractivity contribution is 7.15. The van der Waals surface area contributed by atoms with Gasteiger partial charge < -0.3 is 16.4 Å². The third kappa shape index (κ3) is 4.60. The molecular weight excluding hydrogens is 444 g/mol. The van der Waals surface area contributed by atoms with Crippen molar-refractivity contribution in [2.45, 2.75) is 32.8 Å². The second-order valence-corrected chi connectivity index (χ2v) is 9.10. The summed E-state index contributed by atoms with van der Waals surface area (Å²) in [6.45, 7) is 4.86. The molecule has 11 heteroatoms. The van der Waals surface area contributed by atoms with E-state index in [1.165, 1.54) is 0 Å². The number of aryl methyl sites for hydroxylation is 1. The van der Waals surface area contributed by atoms with Gasteiger partial charge in [-0.25, -0.2) is 9.99 Å². The van der Waals surface area contributed by atoms with Crippen LogP contribution in [0.1, 0.15) is 57.0 Å². The van der Waals surface area contributed by atoms with Crippen LogP contribution in [0.4, 0.5) is 0 Å². The van der Waals surface area contributed by atoms with Crippen molar-refractivity contribution in [3.63, 3.8) is 0 Å². The third-order valence-corrected chi connectivity index (χ3v) is 6.86. The molecule has 1 saturated heterocycles. The second kappa shape index (κ2) is 9.28. The van der Waals surface area contributed by atoms with E-state index in [-0.39, 0.29) is 16.4 Å². The van der Waals surface area contributed by atoms with E-state index in [4.69, 9.17) is 7.10 Å². The average Bonchev–Trinajstić information content (AvgIpc) is 3.41. The first-order valence-electron chi connectivity index (χ1n) is 11.1. The van der Waals surface area contributed by atoms with Crippen LogP contribution < -0.4 is 16.4 Å². The van der Waals surface area contributed by atoms with E-state index in [9.17, 15) is 19.2 Å². The lowest BCUT2D eigenvalue weighted by molar-refractivity contribution is -0.148. The fourth-order valence-corrected chi connectivity index (χ4v) is 4.74.